The first kappa shape index (κ1) is 113. The molecule has 139 heavy (non-hydrogen) atoms. The monoisotopic (exact) mass is 2100 g/mol. The number of rotatable bonds is 51. The maximum absolute atomic E-state index is 14.8. The SMILES string of the molecule is CCNC(=O)c1nnc(-c2cc(C(C)C)c(O)cc2O)n1-c1ccc(CN2CCN(C(=O)CCC(=O)C[C@@H](CCCCCC(=O)CCCC(=O)[C@H](CO)NC(=O)[C@H](CO)CC(=O)[C@H](CO)NC(=O)CC[C@H](C(=O)O)N3CCN(CC(=O)O)CCN(CC(=O)O)CCN(CC(=O)O)CC3)C(=O)N3CCN(Cc4ccc(-n5c(C(=O)NCC)nnc5-c5cc(C(C)C)c(O)cc5O)cc4)CC3)CC2)cc1.[Lu]. The van der Waals surface area contributed by atoms with Crippen LogP contribution in [-0.2, 0) is 70.6 Å². The van der Waals surface area contributed by atoms with Gasteiger partial charge in [0.1, 0.15) is 52.7 Å². The molecule has 5 atom stereocenters. The van der Waals surface area contributed by atoms with Gasteiger partial charge in [-0.2, -0.15) is 0 Å². The second-order valence-electron chi connectivity index (χ2n) is 35.8. The van der Waals surface area contributed by atoms with Gasteiger partial charge in [0.05, 0.1) is 56.5 Å². The maximum atomic E-state index is 14.8. The Morgan fingerprint density at radius 2 is 0.842 bits per heavy atom. The number of aliphatic hydroxyl groups is 3. The summed E-state index contributed by atoms with van der Waals surface area (Å²) in [7, 11) is 0. The van der Waals surface area contributed by atoms with Crippen LogP contribution in [0.1, 0.15) is 187 Å². The first-order valence-corrected chi connectivity index (χ1v) is 47.0. The van der Waals surface area contributed by atoms with Gasteiger partial charge in [0.2, 0.25) is 35.3 Å². The van der Waals surface area contributed by atoms with Gasteiger partial charge in [0, 0.05) is 249 Å². The largest absolute Gasteiger partial charge is 0.508 e. The molecule has 0 unspecified atom stereocenters. The number of ketones is 4. The van der Waals surface area contributed by atoms with Crippen LogP contribution in [0.5, 0.6) is 23.0 Å². The van der Waals surface area contributed by atoms with E-state index in [1.165, 1.54) is 31.7 Å². The average Bonchev–Trinajstić information content (AvgIpc) is 1.65. The fourth-order valence-corrected chi connectivity index (χ4v) is 17.2. The van der Waals surface area contributed by atoms with Gasteiger partial charge >= 0.3 is 23.9 Å². The smallest absolute Gasteiger partial charge is 0.320 e. The molecule has 0 bridgehead atoms. The minimum absolute atomic E-state index is 0. The van der Waals surface area contributed by atoms with Crippen LogP contribution in [0.15, 0.2) is 72.8 Å². The van der Waals surface area contributed by atoms with Crippen molar-refractivity contribution in [2.75, 3.05) is 157 Å². The molecule has 43 nitrogen and oxygen atoms in total. The number of benzene rings is 4. The molecule has 0 saturated carbocycles. The molecule has 6 amide bonds. The minimum atomic E-state index is -1.66. The number of nitrogens with zero attached hydrogens (tertiary/aromatic N) is 14. The Bertz CT molecular complexity index is 5180. The quantitative estimate of drug-likeness (QED) is 0.0244. The zero-order valence-corrected chi connectivity index (χ0v) is 81.1. The molecule has 3 aliphatic heterocycles. The van der Waals surface area contributed by atoms with E-state index in [4.69, 9.17) is 0 Å². The number of phenols is 4. The number of piperazine rings is 2. The summed E-state index contributed by atoms with van der Waals surface area (Å²) in [6.07, 6.45) is -0.619. The summed E-state index contributed by atoms with van der Waals surface area (Å²) in [6.45, 7) is 12.1. The molecule has 15 N–H and O–H groups in total. The van der Waals surface area contributed by atoms with E-state index in [9.17, 15) is 123 Å². The van der Waals surface area contributed by atoms with Gasteiger partial charge in [-0.15, -0.1) is 20.4 Å². The van der Waals surface area contributed by atoms with Crippen molar-refractivity contribution in [2.45, 2.75) is 174 Å². The molecule has 2 aromatic heterocycles. The number of hydrogen-bond donors (Lipinski definition) is 15. The fourth-order valence-electron chi connectivity index (χ4n) is 17.2. The van der Waals surface area contributed by atoms with Gasteiger partial charge < -0.3 is 87.2 Å². The third kappa shape index (κ3) is 33.4. The molecule has 6 aromatic rings. The first-order valence-electron chi connectivity index (χ1n) is 47.0. The van der Waals surface area contributed by atoms with Crippen LogP contribution >= 0.6 is 0 Å². The molecular weight excluding hydrogens is 1970 g/mol. The predicted molar refractivity (Wildman–Crippen MR) is 500 cm³/mol. The van der Waals surface area contributed by atoms with E-state index in [1.807, 2.05) is 76.2 Å². The molecule has 1 radical (unpaired) electrons. The Balaban J connectivity index is 0.0000237. The molecule has 5 heterocycles. The van der Waals surface area contributed by atoms with E-state index in [1.54, 1.807) is 44.9 Å². The molecule has 9 rings (SSSR count). The van der Waals surface area contributed by atoms with Gasteiger partial charge in [-0.3, -0.25) is 106 Å². The van der Waals surface area contributed by atoms with Crippen LogP contribution in [0.25, 0.3) is 34.2 Å². The summed E-state index contributed by atoms with van der Waals surface area (Å²) in [5.74, 6) is -13.3. The van der Waals surface area contributed by atoms with Crippen molar-refractivity contribution in [1.82, 2.24) is 90.0 Å². The molecule has 3 fully saturated rings. The fraction of sp³-hybridized carbons (Fsp3) is 0.558. The third-order valence-corrected chi connectivity index (χ3v) is 25.0. The van der Waals surface area contributed by atoms with E-state index in [0.717, 1.165) is 11.1 Å². The van der Waals surface area contributed by atoms with Crippen LogP contribution in [0, 0.1) is 48.7 Å². The molecule has 3 saturated heterocycles. The van der Waals surface area contributed by atoms with E-state index < -0.39 is 148 Å². The van der Waals surface area contributed by atoms with Crippen molar-refractivity contribution in [3.63, 3.8) is 0 Å². The average molecular weight is 2100 g/mol. The Labute approximate surface area is 834 Å². The Morgan fingerprint density at radius 3 is 1.27 bits per heavy atom. The number of aliphatic carboxylic acids is 4. The minimum Gasteiger partial charge on any atom is -0.508 e. The van der Waals surface area contributed by atoms with Crippen LogP contribution in [0.2, 0.25) is 0 Å². The molecule has 4 aromatic carbocycles. The second kappa shape index (κ2) is 55.6. The number of amides is 6. The van der Waals surface area contributed by atoms with Crippen molar-refractivity contribution >= 4 is 82.5 Å². The summed E-state index contributed by atoms with van der Waals surface area (Å²) in [5, 5.41) is 141. The number of hydrogen-bond acceptors (Lipinski definition) is 31. The number of carbonyl (C=O) groups excluding carboxylic acids is 10. The number of carboxylic acids is 4. The number of carboxylic acid groups (broad SMARTS) is 4. The molecular formula is C95H132LuN18O25. The number of aromatic hydroxyl groups is 4. The third-order valence-electron chi connectivity index (χ3n) is 25.0. The van der Waals surface area contributed by atoms with Crippen molar-refractivity contribution in [3.05, 3.63) is 107 Å². The van der Waals surface area contributed by atoms with Crippen LogP contribution in [0.4, 0.5) is 0 Å². The van der Waals surface area contributed by atoms with E-state index >= 15 is 0 Å². The van der Waals surface area contributed by atoms with E-state index in [0.29, 0.717) is 127 Å². The van der Waals surface area contributed by atoms with Crippen molar-refractivity contribution in [3.8, 4) is 57.1 Å². The Morgan fingerprint density at radius 1 is 0.410 bits per heavy atom. The maximum Gasteiger partial charge on any atom is 0.320 e. The number of aliphatic hydroxyl groups excluding tert-OH is 3. The van der Waals surface area contributed by atoms with Gasteiger partial charge in [0.25, 0.3) is 11.8 Å². The Kier molecular flexibility index (Phi) is 45.1. The van der Waals surface area contributed by atoms with E-state index in [2.05, 4.69) is 51.5 Å². The summed E-state index contributed by atoms with van der Waals surface area (Å²) >= 11 is 0. The van der Waals surface area contributed by atoms with Crippen LogP contribution in [-0.4, -0.2) is 383 Å². The van der Waals surface area contributed by atoms with Crippen molar-refractivity contribution in [2.24, 2.45) is 11.8 Å². The van der Waals surface area contributed by atoms with Crippen LogP contribution in [0.3, 0.4) is 0 Å². The zero-order valence-electron chi connectivity index (χ0n) is 79.4. The molecule has 0 spiro atoms. The van der Waals surface area contributed by atoms with Gasteiger partial charge in [-0.05, 0) is 110 Å². The summed E-state index contributed by atoms with van der Waals surface area (Å²) in [4.78, 5) is 199. The van der Waals surface area contributed by atoms with Gasteiger partial charge in [-0.25, -0.2) is 0 Å². The van der Waals surface area contributed by atoms with Crippen molar-refractivity contribution in [1.29, 1.82) is 0 Å². The topological polar surface area (TPSA) is 597 Å². The number of Topliss-reactive ketones (excluding diaryl/α,β-unsaturated/α-hetero) is 4. The normalized spacial score (nSPS) is 15.8. The number of carbonyl (C=O) groups is 14. The molecule has 0 aliphatic carbocycles. The Hall–Kier alpha value is -11.4. The number of aromatic nitrogens is 6. The summed E-state index contributed by atoms with van der Waals surface area (Å²) in [6, 6.07) is 16.0. The number of unbranched alkanes of at least 4 members (excludes halogenated alkanes) is 2. The van der Waals surface area contributed by atoms with E-state index in [-0.39, 0.29) is 227 Å². The first-order chi connectivity index (χ1) is 65.9. The molecule has 3 aliphatic rings. The molecule has 767 valence electrons. The van der Waals surface area contributed by atoms with Gasteiger partial charge in [-0.1, -0.05) is 64.8 Å². The second-order valence-corrected chi connectivity index (χ2v) is 35.8. The number of nitrogens with one attached hydrogen (secondary N) is 4. The number of phenolic OH excluding ortho intramolecular Hbond substituents is 4. The summed E-state index contributed by atoms with van der Waals surface area (Å²) in [5.41, 5.74) is 4.56. The standard InChI is InChI=1S/C95H132N18O25.Lu/c1-7-96-92(134)89-102-100-87(71-47-69(59(3)4)77(120)49-79(71)122)112(89)65-21-17-61(18-22-65)51-104-35-41-110(42-36-104)83(126)28-25-68(118)45-63(94(136)111-43-37-105(38-44-111)52-62-19-23-66(24-20-62)113-88(101-103-90(113)93(135)97-8-2)72-48-70(60(5)6)78(121)50-80(72)123)13-10-9-11-14-67(117)15-12-16-76(119)73(57-115)99-91(133)64(56-114)46-81(124)74(58-116)98-82(125)27-26-75(95(137)138)109-39-33-107(54-85(129)130)31-29-106(53-84(127)128)30-32-108(34-40-109)55-86(131)132;/h17-24,47-50,59-60,63-64,73-75,114-116,120-123H,7-16,25-46,51-58H2,1-6H3,(H,96,134)(H,97,135)(H,98,125)(H,99,133)(H,127,128)(H,129,130)(H,131,132)(H,137,138);/t63-,64+,73+,74+,75-;/m1./s1. The van der Waals surface area contributed by atoms with Crippen LogP contribution < -0.4 is 21.3 Å². The summed E-state index contributed by atoms with van der Waals surface area (Å²) < 4.78 is 3.10. The predicted octanol–water partition coefficient (Wildman–Crippen LogP) is 2.58. The zero-order chi connectivity index (χ0) is 101. The molecule has 44 heteroatoms. The van der Waals surface area contributed by atoms with Crippen molar-refractivity contribution < 1.29 is 160 Å². The van der Waals surface area contributed by atoms with Gasteiger partial charge in [0.15, 0.2) is 23.2 Å².